The molecular weight excluding hydrogens is 473 g/mol. The van der Waals surface area contributed by atoms with Crippen molar-refractivity contribution >= 4 is 30.1 Å². The Kier molecular flexibility index (Phi) is 8.26. The second-order valence-corrected chi connectivity index (χ2v) is 12.8. The van der Waals surface area contributed by atoms with Crippen LogP contribution in [0.2, 0.25) is 13.1 Å². The molecule has 1 aromatic heterocycles. The van der Waals surface area contributed by atoms with Crippen molar-refractivity contribution in [1.82, 2.24) is 9.88 Å². The number of rotatable bonds is 9. The van der Waals surface area contributed by atoms with Crippen molar-refractivity contribution in [1.29, 1.82) is 0 Å². The van der Waals surface area contributed by atoms with E-state index in [-0.39, 0.29) is 5.41 Å². The van der Waals surface area contributed by atoms with E-state index in [0.29, 0.717) is 36.0 Å². The number of hydrogen-bond donors (Lipinski definition) is 0. The number of alkyl halides is 3. The van der Waals surface area contributed by atoms with Crippen LogP contribution in [0.1, 0.15) is 46.6 Å². The largest absolute Gasteiger partial charge is 0.534 e. The Bertz CT molecular complexity index is 1070. The fraction of sp³-hybridized carbons (Fsp3) is 0.591. The topological polar surface area (TPSA) is 68.7 Å². The molecule has 1 heterocycles. The molecule has 33 heavy (non-hydrogen) atoms. The van der Waals surface area contributed by atoms with Crippen LogP contribution in [0.15, 0.2) is 30.3 Å². The summed E-state index contributed by atoms with van der Waals surface area (Å²) in [5, 5.41) is 0.638. The van der Waals surface area contributed by atoms with Gasteiger partial charge in [0.15, 0.2) is 0 Å². The molecular formula is C22H32F3N2O4SSi. The number of benzene rings is 1. The molecule has 0 bridgehead atoms. The zero-order valence-corrected chi connectivity index (χ0v) is 21.9. The van der Waals surface area contributed by atoms with E-state index < -0.39 is 36.3 Å². The Morgan fingerprint density at radius 2 is 1.64 bits per heavy atom. The highest BCUT2D eigenvalue weighted by atomic mass is 32.2. The van der Waals surface area contributed by atoms with Gasteiger partial charge >= 0.3 is 15.6 Å². The molecule has 6 nitrogen and oxygen atoms in total. The predicted molar refractivity (Wildman–Crippen MR) is 125 cm³/mol. The molecule has 0 saturated heterocycles. The summed E-state index contributed by atoms with van der Waals surface area (Å²) >= 11 is 0. The van der Waals surface area contributed by atoms with Crippen LogP contribution < -0.4 is 4.18 Å². The van der Waals surface area contributed by atoms with E-state index in [9.17, 15) is 21.6 Å². The zero-order chi connectivity index (χ0) is 25.2. The Balaban J connectivity index is 2.83. The van der Waals surface area contributed by atoms with Crippen molar-refractivity contribution in [3.05, 3.63) is 35.9 Å². The van der Waals surface area contributed by atoms with Crippen molar-refractivity contribution in [2.75, 3.05) is 13.1 Å². The lowest BCUT2D eigenvalue weighted by atomic mass is 9.81. The quantitative estimate of drug-likeness (QED) is 0.190. The van der Waals surface area contributed by atoms with Crippen LogP contribution in [-0.2, 0) is 20.3 Å². The summed E-state index contributed by atoms with van der Waals surface area (Å²) in [6, 6.07) is 8.07. The summed E-state index contributed by atoms with van der Waals surface area (Å²) in [6.07, 6.45) is 0.588. The monoisotopic (exact) mass is 505 g/mol. The molecule has 11 heteroatoms. The van der Waals surface area contributed by atoms with Crippen LogP contribution in [0.4, 0.5) is 13.2 Å². The second-order valence-electron chi connectivity index (χ2n) is 9.21. The van der Waals surface area contributed by atoms with Gasteiger partial charge in [-0.1, -0.05) is 52.8 Å². The van der Waals surface area contributed by atoms with Gasteiger partial charge in [-0.15, -0.1) is 0 Å². The van der Waals surface area contributed by atoms with Crippen LogP contribution >= 0.6 is 0 Å². The van der Waals surface area contributed by atoms with E-state index >= 15 is 0 Å². The fourth-order valence-corrected chi connectivity index (χ4v) is 5.37. The molecule has 0 fully saturated rings. The maximum atomic E-state index is 12.9. The first-order valence-electron chi connectivity index (χ1n) is 10.7. The number of pyridine rings is 1. The molecule has 1 unspecified atom stereocenters. The second kappa shape index (κ2) is 9.89. The molecule has 1 aromatic carbocycles. The average molecular weight is 506 g/mol. The maximum absolute atomic E-state index is 12.9. The summed E-state index contributed by atoms with van der Waals surface area (Å²) in [5.41, 5.74) is -5.62. The van der Waals surface area contributed by atoms with Gasteiger partial charge in [-0.25, -0.2) is 4.98 Å². The Morgan fingerprint density at radius 3 is 2.12 bits per heavy atom. The molecule has 0 N–H and O–H groups in total. The first-order chi connectivity index (χ1) is 15.1. The third-order valence-corrected chi connectivity index (χ3v) is 6.71. The number of hydrogen-bond acceptors (Lipinski definition) is 6. The van der Waals surface area contributed by atoms with E-state index in [1.54, 1.807) is 6.07 Å². The SMILES string of the molecule is CCN(CC)C(CC(C)(C)C)(O[Si](C)C)c1cccc2ccc(OS(=O)(=O)C(F)(F)F)nc12. The Hall–Kier alpha value is -1.69. The van der Waals surface area contributed by atoms with Gasteiger partial charge in [0, 0.05) is 17.0 Å². The minimum Gasteiger partial charge on any atom is -0.396 e. The van der Waals surface area contributed by atoms with E-state index in [1.165, 1.54) is 6.07 Å². The zero-order valence-electron chi connectivity index (χ0n) is 20.1. The molecule has 2 aromatic rings. The standard InChI is InChI=1S/C22H32F3N2O4SSi/c1-8-27(9-2)21(31-33(6)7,15-20(3,4)5)17-12-10-11-16-13-14-18(26-19(16)17)30-32(28,29)22(23,24)25/h10-14H,8-9,15H2,1-7H3. The van der Waals surface area contributed by atoms with E-state index in [2.05, 4.69) is 34.8 Å². The van der Waals surface area contributed by atoms with Crippen LogP contribution in [0, 0.1) is 5.41 Å². The molecule has 0 aliphatic rings. The number of halogens is 3. The van der Waals surface area contributed by atoms with Gasteiger partial charge in [-0.05, 0) is 44.1 Å². The fourth-order valence-electron chi connectivity index (χ4n) is 3.97. The van der Waals surface area contributed by atoms with Gasteiger partial charge in [0.25, 0.3) is 0 Å². The first-order valence-corrected chi connectivity index (χ1v) is 14.5. The molecule has 0 saturated carbocycles. The van der Waals surface area contributed by atoms with E-state index in [4.69, 9.17) is 4.43 Å². The van der Waals surface area contributed by atoms with Crippen LogP contribution in [0.5, 0.6) is 5.88 Å². The van der Waals surface area contributed by atoms with Gasteiger partial charge in [-0.3, -0.25) is 4.90 Å². The van der Waals surface area contributed by atoms with E-state index in [1.807, 2.05) is 39.1 Å². The number of nitrogens with zero attached hydrogens (tertiary/aromatic N) is 2. The summed E-state index contributed by atoms with van der Waals surface area (Å²) < 4.78 is 72.7. The van der Waals surface area contributed by atoms with Crippen LogP contribution in [0.25, 0.3) is 10.9 Å². The Labute approximate surface area is 195 Å². The smallest absolute Gasteiger partial charge is 0.396 e. The van der Waals surface area contributed by atoms with Crippen molar-refractivity contribution in [3.63, 3.8) is 0 Å². The summed E-state index contributed by atoms with van der Waals surface area (Å²) in [4.78, 5) is 6.40. The molecule has 1 radical (unpaired) electrons. The lowest BCUT2D eigenvalue weighted by Gasteiger charge is -2.48. The van der Waals surface area contributed by atoms with Gasteiger partial charge in [0.2, 0.25) is 14.9 Å². The highest BCUT2D eigenvalue weighted by Gasteiger charge is 2.49. The molecule has 0 aliphatic carbocycles. The van der Waals surface area contributed by atoms with Gasteiger partial charge in [0.1, 0.15) is 5.72 Å². The third-order valence-electron chi connectivity index (χ3n) is 5.01. The van der Waals surface area contributed by atoms with Gasteiger partial charge in [-0.2, -0.15) is 21.6 Å². The summed E-state index contributed by atoms with van der Waals surface area (Å²) in [5.74, 6) is -0.644. The van der Waals surface area contributed by atoms with Crippen molar-refractivity contribution in [2.24, 2.45) is 5.41 Å². The Morgan fingerprint density at radius 1 is 1.03 bits per heavy atom. The third kappa shape index (κ3) is 6.26. The predicted octanol–water partition coefficient (Wildman–Crippen LogP) is 5.66. The van der Waals surface area contributed by atoms with Crippen LogP contribution in [0.3, 0.4) is 0 Å². The van der Waals surface area contributed by atoms with Crippen LogP contribution in [-0.4, -0.2) is 45.9 Å². The highest BCUT2D eigenvalue weighted by molar-refractivity contribution is 7.87. The number of fused-ring (bicyclic) bond motifs is 1. The normalized spacial score (nSPS) is 15.3. The molecule has 2 rings (SSSR count). The van der Waals surface area contributed by atoms with Crippen molar-refractivity contribution in [2.45, 2.75) is 65.4 Å². The summed E-state index contributed by atoms with van der Waals surface area (Å²) in [6.45, 7) is 15.7. The van der Waals surface area contributed by atoms with E-state index in [0.717, 1.165) is 6.07 Å². The molecule has 0 amide bonds. The van der Waals surface area contributed by atoms with Crippen molar-refractivity contribution < 1.29 is 30.2 Å². The maximum Gasteiger partial charge on any atom is 0.534 e. The van der Waals surface area contributed by atoms with Crippen molar-refractivity contribution in [3.8, 4) is 5.88 Å². The number of aromatic nitrogens is 1. The molecule has 185 valence electrons. The molecule has 1 atom stereocenters. The minimum absolute atomic E-state index is 0.171. The lowest BCUT2D eigenvalue weighted by Crippen LogP contribution is -2.52. The molecule has 0 spiro atoms. The molecule has 0 aliphatic heterocycles. The summed E-state index contributed by atoms with van der Waals surface area (Å²) in [7, 11) is -7.08. The minimum atomic E-state index is -5.84. The number of para-hydroxylation sites is 1. The average Bonchev–Trinajstić information content (AvgIpc) is 2.65. The lowest BCUT2D eigenvalue weighted by molar-refractivity contribution is -0.115. The highest BCUT2D eigenvalue weighted by Crippen LogP contribution is 2.44. The first kappa shape index (κ1) is 27.6. The van der Waals surface area contributed by atoms with Gasteiger partial charge in [0.05, 0.1) is 5.52 Å². The van der Waals surface area contributed by atoms with Gasteiger partial charge < -0.3 is 8.61 Å².